The molecule has 10 aromatic rings. The summed E-state index contributed by atoms with van der Waals surface area (Å²) in [5.74, 6) is 0. The zero-order valence-electron chi connectivity index (χ0n) is 40.0. The van der Waals surface area contributed by atoms with Crippen LogP contribution in [0.1, 0.15) is 81.0 Å². The van der Waals surface area contributed by atoms with Crippen molar-refractivity contribution in [1.82, 2.24) is 0 Å². The second kappa shape index (κ2) is 19.7. The zero-order chi connectivity index (χ0) is 47.3. The van der Waals surface area contributed by atoms with Gasteiger partial charge in [-0.15, -0.1) is 0 Å². The van der Waals surface area contributed by atoms with E-state index in [0.717, 1.165) is 36.0 Å². The lowest BCUT2D eigenvalue weighted by Gasteiger charge is -2.34. The van der Waals surface area contributed by atoms with Gasteiger partial charge >= 0.3 is 0 Å². The van der Waals surface area contributed by atoms with Crippen molar-refractivity contribution in [2.45, 2.75) is 51.9 Å². The predicted molar refractivity (Wildman–Crippen MR) is 296 cm³/mol. The fraction of sp³-hybridized carbons (Fsp3) is 0.118. The highest BCUT2D eigenvalue weighted by molar-refractivity contribution is 6.09. The van der Waals surface area contributed by atoms with Gasteiger partial charge in [-0.25, -0.2) is 0 Å². The summed E-state index contributed by atoms with van der Waals surface area (Å²) in [6, 6.07) is 72.4. The molecule has 0 N–H and O–H groups in total. The molecule has 0 saturated carbocycles. The largest absolute Gasteiger partial charge is 0.456 e. The molecule has 0 saturated heterocycles. The van der Waals surface area contributed by atoms with Gasteiger partial charge < -0.3 is 4.42 Å². The normalized spacial score (nSPS) is 12.7. The Morgan fingerprint density at radius 1 is 0.522 bits per heavy atom. The molecule has 0 spiro atoms. The summed E-state index contributed by atoms with van der Waals surface area (Å²) in [4.78, 5) is 0. The SMILES string of the molecule is C=Cc1ccc(CCC)cc1C=C.Cc1ccc(-c2ccc(-c3cc4c(oc5ccccc54)c4c3C=CCC4)cc2)cc1.Cc1ccc2c(c1)C(c1ccccc1)(c1ccccc1)c1ccccc1-2. The minimum absolute atomic E-state index is 0.263. The van der Waals surface area contributed by atoms with Crippen molar-refractivity contribution in [2.75, 3.05) is 0 Å². The summed E-state index contributed by atoms with van der Waals surface area (Å²) >= 11 is 0. The van der Waals surface area contributed by atoms with Crippen LogP contribution in [0.4, 0.5) is 0 Å². The van der Waals surface area contributed by atoms with Crippen LogP contribution in [0.5, 0.6) is 0 Å². The number of furan rings is 1. The Bertz CT molecular complexity index is 3430. The first kappa shape index (κ1) is 44.8. The Hall–Kier alpha value is -8.00. The number of benzene rings is 9. The van der Waals surface area contributed by atoms with Gasteiger partial charge in [-0.05, 0) is 123 Å². The number of fused-ring (bicyclic) bond motifs is 8. The van der Waals surface area contributed by atoms with Gasteiger partial charge in [0.05, 0.1) is 5.41 Å². The highest BCUT2D eigenvalue weighted by Gasteiger charge is 2.45. The van der Waals surface area contributed by atoms with Gasteiger partial charge in [0, 0.05) is 16.3 Å². The lowest BCUT2D eigenvalue weighted by Crippen LogP contribution is -2.28. The molecule has 2 aliphatic rings. The molecule has 1 nitrogen and oxygen atoms in total. The summed E-state index contributed by atoms with van der Waals surface area (Å²) < 4.78 is 6.29. The second-order valence-electron chi connectivity index (χ2n) is 18.4. The van der Waals surface area contributed by atoms with E-state index in [-0.39, 0.29) is 5.41 Å². The molecule has 12 rings (SSSR count). The van der Waals surface area contributed by atoms with Crippen molar-refractivity contribution in [3.8, 4) is 33.4 Å². The second-order valence-corrected chi connectivity index (χ2v) is 18.4. The van der Waals surface area contributed by atoms with E-state index >= 15 is 0 Å². The quantitative estimate of drug-likeness (QED) is 0.148. The van der Waals surface area contributed by atoms with Crippen molar-refractivity contribution in [3.05, 3.63) is 281 Å². The highest BCUT2D eigenvalue weighted by atomic mass is 16.3. The predicted octanol–water partition coefficient (Wildman–Crippen LogP) is 18.5. The molecule has 1 aromatic heterocycles. The molecule has 0 bridgehead atoms. The van der Waals surface area contributed by atoms with E-state index in [2.05, 4.69) is 240 Å². The number of allylic oxidation sites excluding steroid dienone is 1. The van der Waals surface area contributed by atoms with E-state index < -0.39 is 0 Å². The summed E-state index contributed by atoms with van der Waals surface area (Å²) in [6.07, 6.45) is 12.7. The molecule has 336 valence electrons. The molecule has 0 amide bonds. The average Bonchev–Trinajstić information content (AvgIpc) is 3.93. The number of hydrogen-bond donors (Lipinski definition) is 0. The van der Waals surface area contributed by atoms with Gasteiger partial charge in [0.2, 0.25) is 0 Å². The first-order valence-electron chi connectivity index (χ1n) is 24.4. The molecule has 2 aliphatic carbocycles. The standard InChI is InChI=1S/C29H22O.C26H20.C13H16/c1-19-10-12-20(13-11-19)21-14-16-22(17-15-21)26-18-27-24-7-4-5-9-28(24)30-29(27)25-8-3-2-6-23(25)26;1-19-16-17-23-22-14-8-9-15-24(22)26(25(23)18-19,20-10-4-2-5-11-20)21-12-6-3-7-13-21;1-4-7-11-8-9-12(5-2)13(6-3)10-11/h2,4-7,9-18H,3,8H2,1H3;2-18H,1H3;5-6,8-10H,2-4,7H2,1H3. The van der Waals surface area contributed by atoms with E-state index in [1.165, 1.54) is 106 Å². The van der Waals surface area contributed by atoms with Crippen molar-refractivity contribution in [1.29, 1.82) is 0 Å². The molecule has 1 heterocycles. The molecule has 9 aromatic carbocycles. The minimum Gasteiger partial charge on any atom is -0.456 e. The highest BCUT2D eigenvalue weighted by Crippen LogP contribution is 2.56. The lowest BCUT2D eigenvalue weighted by atomic mass is 9.67. The summed E-state index contributed by atoms with van der Waals surface area (Å²) in [6.45, 7) is 14.1. The summed E-state index contributed by atoms with van der Waals surface area (Å²) in [7, 11) is 0. The Kier molecular flexibility index (Phi) is 12.8. The fourth-order valence-electron chi connectivity index (χ4n) is 10.6. The Labute approximate surface area is 408 Å². The van der Waals surface area contributed by atoms with E-state index in [4.69, 9.17) is 4.42 Å². The molecule has 1 heteroatoms. The number of hydrogen-bond acceptors (Lipinski definition) is 1. The third-order valence-electron chi connectivity index (χ3n) is 14.0. The molecular weight excluding hydrogens is 833 g/mol. The van der Waals surface area contributed by atoms with E-state index in [0.29, 0.717) is 0 Å². The Morgan fingerprint density at radius 3 is 1.83 bits per heavy atom. The summed E-state index contributed by atoms with van der Waals surface area (Å²) in [5.41, 5.74) is 23.8. The van der Waals surface area contributed by atoms with Crippen molar-refractivity contribution in [3.63, 3.8) is 0 Å². The van der Waals surface area contributed by atoms with Crippen LogP contribution >= 0.6 is 0 Å². The smallest absolute Gasteiger partial charge is 0.139 e. The van der Waals surface area contributed by atoms with Crippen LogP contribution in [-0.4, -0.2) is 0 Å². The molecule has 0 aliphatic heterocycles. The van der Waals surface area contributed by atoms with Crippen LogP contribution in [0.15, 0.2) is 224 Å². The van der Waals surface area contributed by atoms with Gasteiger partial charge in [-0.1, -0.05) is 250 Å². The van der Waals surface area contributed by atoms with Gasteiger partial charge in [0.25, 0.3) is 0 Å². The van der Waals surface area contributed by atoms with Crippen molar-refractivity contribution in [2.24, 2.45) is 0 Å². The third kappa shape index (κ3) is 8.51. The first-order valence-corrected chi connectivity index (χ1v) is 24.4. The van der Waals surface area contributed by atoms with E-state index in [1.54, 1.807) is 0 Å². The maximum atomic E-state index is 6.29. The summed E-state index contributed by atoms with van der Waals surface area (Å²) in [5, 5.41) is 2.42. The van der Waals surface area contributed by atoms with Crippen LogP contribution < -0.4 is 0 Å². The van der Waals surface area contributed by atoms with Gasteiger partial charge in [0.15, 0.2) is 0 Å². The topological polar surface area (TPSA) is 13.1 Å². The van der Waals surface area contributed by atoms with Gasteiger partial charge in [-0.2, -0.15) is 0 Å². The minimum atomic E-state index is -0.263. The van der Waals surface area contributed by atoms with Crippen LogP contribution in [0.2, 0.25) is 0 Å². The lowest BCUT2D eigenvalue weighted by molar-refractivity contribution is 0.661. The zero-order valence-corrected chi connectivity index (χ0v) is 40.0. The first-order chi connectivity index (χ1) is 33.9. The molecule has 0 radical (unpaired) electrons. The van der Waals surface area contributed by atoms with E-state index in [1.807, 2.05) is 18.2 Å². The number of para-hydroxylation sites is 1. The molecular formula is C68H58O. The van der Waals surface area contributed by atoms with Crippen LogP contribution in [0.3, 0.4) is 0 Å². The van der Waals surface area contributed by atoms with Gasteiger partial charge in [0.1, 0.15) is 11.2 Å². The van der Waals surface area contributed by atoms with E-state index in [9.17, 15) is 0 Å². The van der Waals surface area contributed by atoms with Crippen molar-refractivity contribution < 1.29 is 4.42 Å². The maximum absolute atomic E-state index is 6.29. The maximum Gasteiger partial charge on any atom is 0.139 e. The molecule has 0 unspecified atom stereocenters. The monoisotopic (exact) mass is 890 g/mol. The molecule has 0 fully saturated rings. The number of aryl methyl sites for hydroxylation is 4. The molecule has 69 heavy (non-hydrogen) atoms. The average molecular weight is 891 g/mol. The fourth-order valence-corrected chi connectivity index (χ4v) is 10.6. The van der Waals surface area contributed by atoms with Crippen molar-refractivity contribution >= 4 is 40.2 Å². The number of rotatable bonds is 8. The Balaban J connectivity index is 0.000000130. The van der Waals surface area contributed by atoms with Crippen LogP contribution in [-0.2, 0) is 18.3 Å². The van der Waals surface area contributed by atoms with Crippen LogP contribution in [0, 0.1) is 13.8 Å². The molecule has 0 atom stereocenters. The van der Waals surface area contributed by atoms with Crippen LogP contribution in [0.25, 0.3) is 73.5 Å². The third-order valence-corrected chi connectivity index (χ3v) is 14.0. The van der Waals surface area contributed by atoms with Gasteiger partial charge in [-0.3, -0.25) is 0 Å². The Morgan fingerprint density at radius 2 is 1.13 bits per heavy atom.